The predicted octanol–water partition coefficient (Wildman–Crippen LogP) is 3.32. The first-order valence-electron chi connectivity index (χ1n) is 6.08. The summed E-state index contributed by atoms with van der Waals surface area (Å²) in [4.78, 5) is 18.9. The van der Waals surface area contributed by atoms with Crippen LogP contribution in [-0.4, -0.2) is 14.9 Å². The van der Waals surface area contributed by atoms with Crippen LogP contribution in [0.2, 0.25) is 0 Å². The maximum atomic E-state index is 11.0. The topological polar surface area (TPSA) is 81.0 Å². The molecule has 0 aliphatic rings. The Balaban J connectivity index is 2.21. The first-order valence-corrected chi connectivity index (χ1v) is 6.87. The summed E-state index contributed by atoms with van der Waals surface area (Å²) < 4.78 is 0.571. The Morgan fingerprint density at radius 2 is 2.25 bits per heavy atom. The molecule has 0 saturated heterocycles. The zero-order chi connectivity index (χ0) is 14.5. The van der Waals surface area contributed by atoms with E-state index in [1.807, 2.05) is 19.1 Å². The Bertz CT molecular complexity index is 634. The fraction of sp³-hybridized carbons (Fsp3) is 0.231. The highest BCUT2D eigenvalue weighted by Crippen LogP contribution is 2.25. The van der Waals surface area contributed by atoms with E-state index in [9.17, 15) is 10.1 Å². The van der Waals surface area contributed by atoms with Crippen LogP contribution in [0.15, 0.2) is 35.1 Å². The van der Waals surface area contributed by atoms with E-state index in [4.69, 9.17) is 0 Å². The van der Waals surface area contributed by atoms with E-state index >= 15 is 0 Å². The minimum absolute atomic E-state index is 0.0617. The average molecular weight is 337 g/mol. The van der Waals surface area contributed by atoms with Gasteiger partial charge in [0.2, 0.25) is 5.82 Å². The molecule has 2 aromatic heterocycles. The summed E-state index contributed by atoms with van der Waals surface area (Å²) in [6, 6.07) is 5.30. The number of aromatic nitrogens is 2. The molecule has 20 heavy (non-hydrogen) atoms. The van der Waals surface area contributed by atoms with Crippen molar-refractivity contribution in [3.8, 4) is 0 Å². The van der Waals surface area contributed by atoms with Crippen LogP contribution in [0.4, 0.5) is 11.5 Å². The largest absolute Gasteiger partial charge is 0.359 e. The molecule has 0 atom stereocenters. The number of rotatable bonds is 5. The normalized spacial score (nSPS) is 10.3. The number of nitrogens with one attached hydrogen (secondary N) is 1. The van der Waals surface area contributed by atoms with Gasteiger partial charge < -0.3 is 5.32 Å². The third kappa shape index (κ3) is 3.30. The Labute approximate surface area is 124 Å². The highest BCUT2D eigenvalue weighted by molar-refractivity contribution is 9.10. The van der Waals surface area contributed by atoms with Crippen molar-refractivity contribution in [1.29, 1.82) is 0 Å². The number of hydrogen-bond acceptors (Lipinski definition) is 5. The first-order chi connectivity index (χ1) is 9.61. The number of nitro groups is 1. The second-order valence-corrected chi connectivity index (χ2v) is 5.01. The predicted molar refractivity (Wildman–Crippen MR) is 79.5 cm³/mol. The Kier molecular flexibility index (Phi) is 4.62. The SMILES string of the molecule is CCc1cccnc1CNc1ncc(Br)cc1[N+](=O)[O-]. The van der Waals surface area contributed by atoms with Crippen molar-refractivity contribution in [3.63, 3.8) is 0 Å². The molecule has 0 bridgehead atoms. The van der Waals surface area contributed by atoms with Crippen molar-refractivity contribution in [2.75, 3.05) is 5.32 Å². The fourth-order valence-corrected chi connectivity index (χ4v) is 2.14. The van der Waals surface area contributed by atoms with Crippen LogP contribution in [0.1, 0.15) is 18.2 Å². The summed E-state index contributed by atoms with van der Waals surface area (Å²) in [6.45, 7) is 2.44. The summed E-state index contributed by atoms with van der Waals surface area (Å²) in [5.74, 6) is 0.242. The van der Waals surface area contributed by atoms with E-state index in [2.05, 4.69) is 31.2 Å². The van der Waals surface area contributed by atoms with Crippen LogP contribution in [0.5, 0.6) is 0 Å². The van der Waals surface area contributed by atoms with Gasteiger partial charge >= 0.3 is 5.69 Å². The molecule has 0 radical (unpaired) electrons. The molecule has 2 aromatic rings. The molecule has 0 saturated carbocycles. The number of aryl methyl sites for hydroxylation is 1. The van der Waals surface area contributed by atoms with E-state index < -0.39 is 4.92 Å². The van der Waals surface area contributed by atoms with Gasteiger partial charge in [-0.25, -0.2) is 4.98 Å². The Morgan fingerprint density at radius 3 is 2.95 bits per heavy atom. The van der Waals surface area contributed by atoms with Gasteiger partial charge in [0, 0.05) is 22.9 Å². The van der Waals surface area contributed by atoms with Gasteiger partial charge in [0.05, 0.1) is 17.2 Å². The van der Waals surface area contributed by atoms with Crippen molar-refractivity contribution in [3.05, 3.63) is 56.4 Å². The van der Waals surface area contributed by atoms with E-state index in [1.165, 1.54) is 12.3 Å². The maximum absolute atomic E-state index is 11.0. The molecule has 2 heterocycles. The molecule has 104 valence electrons. The van der Waals surface area contributed by atoms with E-state index in [-0.39, 0.29) is 11.5 Å². The quantitative estimate of drug-likeness (QED) is 0.669. The Morgan fingerprint density at radius 1 is 1.45 bits per heavy atom. The van der Waals surface area contributed by atoms with E-state index in [0.29, 0.717) is 11.0 Å². The van der Waals surface area contributed by atoms with Gasteiger partial charge in [-0.15, -0.1) is 0 Å². The fourth-order valence-electron chi connectivity index (χ4n) is 1.82. The molecule has 0 amide bonds. The molecule has 1 N–H and O–H groups in total. The number of anilines is 1. The first kappa shape index (κ1) is 14.4. The molecule has 7 heteroatoms. The molecule has 0 spiro atoms. The third-order valence-corrected chi connectivity index (χ3v) is 3.25. The van der Waals surface area contributed by atoms with Crippen LogP contribution in [0, 0.1) is 10.1 Å². The lowest BCUT2D eigenvalue weighted by Gasteiger charge is -2.09. The summed E-state index contributed by atoms with van der Waals surface area (Å²) in [5, 5.41) is 14.0. The molecular weight excluding hydrogens is 324 g/mol. The zero-order valence-corrected chi connectivity index (χ0v) is 12.4. The van der Waals surface area contributed by atoms with Gasteiger partial charge in [-0.05, 0) is 34.0 Å². The molecule has 0 aromatic carbocycles. The number of pyridine rings is 2. The zero-order valence-electron chi connectivity index (χ0n) is 10.8. The standard InChI is InChI=1S/C13H13BrN4O2/c1-2-9-4-3-5-15-11(9)8-17-13-12(18(19)20)6-10(14)7-16-13/h3-7H,2,8H2,1H3,(H,16,17). The van der Waals surface area contributed by atoms with Crippen molar-refractivity contribution in [2.45, 2.75) is 19.9 Å². The molecule has 0 fully saturated rings. The molecule has 0 aliphatic carbocycles. The van der Waals surface area contributed by atoms with Crippen molar-refractivity contribution < 1.29 is 4.92 Å². The third-order valence-electron chi connectivity index (χ3n) is 2.82. The maximum Gasteiger partial charge on any atom is 0.312 e. The summed E-state index contributed by atoms with van der Waals surface area (Å²) >= 11 is 3.18. The van der Waals surface area contributed by atoms with Crippen LogP contribution in [-0.2, 0) is 13.0 Å². The molecule has 0 aliphatic heterocycles. The lowest BCUT2D eigenvalue weighted by molar-refractivity contribution is -0.384. The van der Waals surface area contributed by atoms with Gasteiger partial charge in [-0.2, -0.15) is 0 Å². The number of nitrogens with zero attached hydrogens (tertiary/aromatic N) is 3. The summed E-state index contributed by atoms with van der Waals surface area (Å²) in [6.07, 6.45) is 4.09. The number of hydrogen-bond donors (Lipinski definition) is 1. The summed E-state index contributed by atoms with van der Waals surface area (Å²) in [5.41, 5.74) is 1.92. The van der Waals surface area contributed by atoms with Crippen LogP contribution < -0.4 is 5.32 Å². The minimum Gasteiger partial charge on any atom is -0.359 e. The number of halogens is 1. The smallest absolute Gasteiger partial charge is 0.312 e. The second-order valence-electron chi connectivity index (χ2n) is 4.09. The van der Waals surface area contributed by atoms with Crippen molar-refractivity contribution in [1.82, 2.24) is 9.97 Å². The minimum atomic E-state index is -0.459. The molecule has 6 nitrogen and oxygen atoms in total. The van der Waals surface area contributed by atoms with Gasteiger partial charge in [0.25, 0.3) is 0 Å². The van der Waals surface area contributed by atoms with Gasteiger partial charge in [-0.1, -0.05) is 13.0 Å². The lowest BCUT2D eigenvalue weighted by Crippen LogP contribution is -2.08. The van der Waals surface area contributed by atoms with Gasteiger partial charge in [-0.3, -0.25) is 15.1 Å². The summed E-state index contributed by atoms with van der Waals surface area (Å²) in [7, 11) is 0. The highest BCUT2D eigenvalue weighted by Gasteiger charge is 2.16. The second kappa shape index (κ2) is 6.42. The Hall–Kier alpha value is -2.02. The average Bonchev–Trinajstić information content (AvgIpc) is 2.46. The van der Waals surface area contributed by atoms with Crippen LogP contribution in [0.3, 0.4) is 0 Å². The van der Waals surface area contributed by atoms with Gasteiger partial charge in [0.1, 0.15) is 0 Å². The molecular formula is C13H13BrN4O2. The van der Waals surface area contributed by atoms with E-state index in [1.54, 1.807) is 6.20 Å². The van der Waals surface area contributed by atoms with Crippen molar-refractivity contribution in [2.24, 2.45) is 0 Å². The van der Waals surface area contributed by atoms with Crippen molar-refractivity contribution >= 4 is 27.4 Å². The molecule has 2 rings (SSSR count). The molecule has 0 unspecified atom stereocenters. The monoisotopic (exact) mass is 336 g/mol. The van der Waals surface area contributed by atoms with E-state index in [0.717, 1.165) is 17.7 Å². The van der Waals surface area contributed by atoms with Gasteiger partial charge in [0.15, 0.2) is 0 Å². The highest BCUT2D eigenvalue weighted by atomic mass is 79.9. The van der Waals surface area contributed by atoms with Crippen LogP contribution in [0.25, 0.3) is 0 Å². The lowest BCUT2D eigenvalue weighted by atomic mass is 10.1. The van der Waals surface area contributed by atoms with Crippen LogP contribution >= 0.6 is 15.9 Å².